The second kappa shape index (κ2) is 13.6. The number of aromatic amines is 2. The van der Waals surface area contributed by atoms with Gasteiger partial charge in [-0.1, -0.05) is 103 Å². The van der Waals surface area contributed by atoms with E-state index >= 15 is 0 Å². The molecule has 2 N–H and O–H groups in total. The predicted octanol–water partition coefficient (Wildman–Crippen LogP) is 12.7. The van der Waals surface area contributed by atoms with Crippen molar-refractivity contribution in [1.29, 1.82) is 0 Å². The molecule has 4 aromatic heterocycles. The van der Waals surface area contributed by atoms with Crippen molar-refractivity contribution >= 4 is 44.7 Å². The Labute approximate surface area is 275 Å². The van der Waals surface area contributed by atoms with Crippen LogP contribution in [-0.4, -0.2) is 19.9 Å². The second-order valence-corrected chi connectivity index (χ2v) is 15.0. The first-order valence-electron chi connectivity index (χ1n) is 17.4. The van der Waals surface area contributed by atoms with Crippen molar-refractivity contribution in [2.75, 3.05) is 0 Å². The van der Waals surface area contributed by atoms with Crippen LogP contribution in [0.15, 0.2) is 59.3 Å². The van der Waals surface area contributed by atoms with Crippen molar-refractivity contribution in [2.45, 2.75) is 109 Å². The molecule has 0 bridgehead atoms. The van der Waals surface area contributed by atoms with Gasteiger partial charge in [0.2, 0.25) is 0 Å². The topological polar surface area (TPSA) is 57.4 Å². The fourth-order valence-electron chi connectivity index (χ4n) is 7.63. The first-order chi connectivity index (χ1) is 22.2. The number of benzene rings is 2. The Morgan fingerprint density at radius 1 is 0.578 bits per heavy atom. The van der Waals surface area contributed by atoms with E-state index in [1.807, 2.05) is 0 Å². The highest BCUT2D eigenvalue weighted by atomic mass is 32.1. The van der Waals surface area contributed by atoms with Crippen LogP contribution in [0, 0.1) is 0 Å². The minimum absolute atomic E-state index is 0.00493. The maximum atomic E-state index is 5.10. The zero-order chi connectivity index (χ0) is 30.6. The summed E-state index contributed by atoms with van der Waals surface area (Å²) in [5, 5.41) is 4.26. The van der Waals surface area contributed by atoms with Crippen LogP contribution in [0.5, 0.6) is 0 Å². The molecular weight excluding hydrogens is 589 g/mol. The van der Waals surface area contributed by atoms with Crippen LogP contribution in [-0.2, 0) is 5.41 Å². The van der Waals surface area contributed by atoms with Crippen molar-refractivity contribution in [3.63, 3.8) is 0 Å². The number of nitrogens with zero attached hydrogens (tertiary/aromatic N) is 2. The molecule has 1 aliphatic carbocycles. The molecule has 0 unspecified atom stereocenters. The van der Waals surface area contributed by atoms with Gasteiger partial charge in [-0.15, -0.1) is 22.7 Å². The van der Waals surface area contributed by atoms with Crippen molar-refractivity contribution in [2.24, 2.45) is 0 Å². The van der Waals surface area contributed by atoms with Gasteiger partial charge < -0.3 is 9.97 Å². The van der Waals surface area contributed by atoms with Gasteiger partial charge in [-0.25, -0.2) is 9.97 Å². The first-order valence-corrected chi connectivity index (χ1v) is 19.1. The Kier molecular flexibility index (Phi) is 9.23. The molecule has 0 atom stereocenters. The number of fused-ring (bicyclic) bond motifs is 5. The summed E-state index contributed by atoms with van der Waals surface area (Å²) >= 11 is 3.49. The lowest BCUT2D eigenvalue weighted by Crippen LogP contribution is -2.25. The van der Waals surface area contributed by atoms with Gasteiger partial charge in [0.05, 0.1) is 31.8 Å². The number of hydrogen-bond donors (Lipinski definition) is 2. The molecule has 6 aromatic rings. The average molecular weight is 635 g/mol. The number of thiophene rings is 2. The molecule has 0 saturated carbocycles. The van der Waals surface area contributed by atoms with E-state index in [1.54, 1.807) is 22.7 Å². The molecule has 45 heavy (non-hydrogen) atoms. The van der Waals surface area contributed by atoms with Gasteiger partial charge in [0.15, 0.2) is 0 Å². The lowest BCUT2D eigenvalue weighted by molar-refractivity contribution is 0.398. The second-order valence-electron chi connectivity index (χ2n) is 13.1. The van der Waals surface area contributed by atoms with Crippen LogP contribution in [0.2, 0.25) is 0 Å². The van der Waals surface area contributed by atoms with Crippen LogP contribution in [0.1, 0.15) is 115 Å². The number of aromatic nitrogens is 4. The van der Waals surface area contributed by atoms with E-state index in [0.717, 1.165) is 33.7 Å². The van der Waals surface area contributed by atoms with E-state index in [-0.39, 0.29) is 5.41 Å². The van der Waals surface area contributed by atoms with E-state index in [2.05, 4.69) is 83.1 Å². The summed E-state index contributed by atoms with van der Waals surface area (Å²) in [7, 11) is 0. The summed E-state index contributed by atoms with van der Waals surface area (Å²) in [6.45, 7) is 4.62. The van der Waals surface area contributed by atoms with Gasteiger partial charge >= 0.3 is 0 Å². The van der Waals surface area contributed by atoms with E-state index in [0.29, 0.717) is 0 Å². The predicted molar refractivity (Wildman–Crippen MR) is 195 cm³/mol. The quantitative estimate of drug-likeness (QED) is 0.104. The molecule has 234 valence electrons. The molecule has 6 heteroatoms. The Hall–Kier alpha value is -3.22. The average Bonchev–Trinajstić information content (AvgIpc) is 3.89. The summed E-state index contributed by atoms with van der Waals surface area (Å²) < 4.78 is 0. The van der Waals surface area contributed by atoms with Crippen LogP contribution >= 0.6 is 22.7 Å². The molecule has 0 aliphatic heterocycles. The van der Waals surface area contributed by atoms with Gasteiger partial charge in [0.25, 0.3) is 0 Å². The van der Waals surface area contributed by atoms with E-state index in [1.165, 1.54) is 122 Å². The third kappa shape index (κ3) is 6.04. The minimum atomic E-state index is 0.00493. The summed E-state index contributed by atoms with van der Waals surface area (Å²) in [5.74, 6) is 1.95. The molecule has 0 radical (unpaired) electrons. The Morgan fingerprint density at radius 3 is 1.44 bits per heavy atom. The lowest BCUT2D eigenvalue weighted by Gasteiger charge is -2.33. The molecule has 0 amide bonds. The molecule has 0 saturated heterocycles. The largest absolute Gasteiger partial charge is 0.337 e. The van der Waals surface area contributed by atoms with Gasteiger partial charge in [-0.3, -0.25) is 0 Å². The van der Waals surface area contributed by atoms with Crippen molar-refractivity contribution in [3.05, 3.63) is 70.4 Å². The van der Waals surface area contributed by atoms with Crippen LogP contribution in [0.3, 0.4) is 0 Å². The number of hydrogen-bond acceptors (Lipinski definition) is 4. The van der Waals surface area contributed by atoms with E-state index < -0.39 is 0 Å². The molecule has 4 heterocycles. The molecule has 2 aromatic carbocycles. The molecule has 0 spiro atoms. The Bertz CT molecular complexity index is 1700. The summed E-state index contributed by atoms with van der Waals surface area (Å²) in [4.78, 5) is 20.0. The minimum Gasteiger partial charge on any atom is -0.337 e. The van der Waals surface area contributed by atoms with Crippen molar-refractivity contribution in [3.8, 4) is 32.5 Å². The summed E-state index contributed by atoms with van der Waals surface area (Å²) in [6, 6.07) is 18.2. The third-order valence-corrected chi connectivity index (χ3v) is 11.7. The number of rotatable bonds is 16. The molecular formula is C39H46N4S2. The monoisotopic (exact) mass is 634 g/mol. The fourth-order valence-corrected chi connectivity index (χ4v) is 8.97. The zero-order valence-corrected chi connectivity index (χ0v) is 28.5. The summed E-state index contributed by atoms with van der Waals surface area (Å²) in [6.07, 6.45) is 18.2. The smallest absolute Gasteiger partial charge is 0.148 e. The van der Waals surface area contributed by atoms with Gasteiger partial charge in [0.1, 0.15) is 11.6 Å². The Morgan fingerprint density at radius 2 is 1.02 bits per heavy atom. The summed E-state index contributed by atoms with van der Waals surface area (Å²) in [5.41, 5.74) is 10.2. The molecule has 1 aliphatic rings. The normalized spacial score (nSPS) is 13.6. The van der Waals surface area contributed by atoms with Crippen LogP contribution in [0.4, 0.5) is 0 Å². The highest BCUT2D eigenvalue weighted by molar-refractivity contribution is 7.13. The number of nitrogens with one attached hydrogen (secondary N) is 2. The molecule has 0 fully saturated rings. The van der Waals surface area contributed by atoms with Crippen molar-refractivity contribution < 1.29 is 0 Å². The maximum absolute atomic E-state index is 5.10. The van der Waals surface area contributed by atoms with Crippen LogP contribution in [0.25, 0.3) is 54.6 Å². The highest BCUT2D eigenvalue weighted by Gasteiger charge is 2.43. The number of H-pyrrole nitrogens is 2. The van der Waals surface area contributed by atoms with Crippen LogP contribution < -0.4 is 0 Å². The first kappa shape index (κ1) is 30.4. The number of unbranched alkanes of at least 4 members (excludes halogenated alkanes) is 10. The lowest BCUT2D eigenvalue weighted by atomic mass is 9.70. The highest BCUT2D eigenvalue weighted by Crippen LogP contribution is 2.56. The van der Waals surface area contributed by atoms with Gasteiger partial charge in [-0.2, -0.15) is 0 Å². The fraction of sp³-hybridized carbons (Fsp3) is 0.436. The molecule has 4 nitrogen and oxygen atoms in total. The van der Waals surface area contributed by atoms with Gasteiger partial charge in [0, 0.05) is 5.41 Å². The van der Waals surface area contributed by atoms with Crippen molar-refractivity contribution in [1.82, 2.24) is 19.9 Å². The SMILES string of the molecule is CCCCCCCCC1(CCCCCCCC)c2cc3[nH]c(-c4cccs4)nc3cc2-c2cc3nc(-c4cccs4)[nH]c3cc21. The zero-order valence-electron chi connectivity index (χ0n) is 26.9. The maximum Gasteiger partial charge on any atom is 0.148 e. The van der Waals surface area contributed by atoms with E-state index in [4.69, 9.17) is 9.97 Å². The third-order valence-electron chi connectivity index (χ3n) is 9.99. The standard InChI is InChI=1S/C39H46N4S2/c1-3-5-7-9-11-13-19-39(20-14-12-10-8-6-4-2)29-25-33-31(40-37(42-33)35-17-15-21-44-35)23-27(29)28-24-32-34(26-30(28)39)43-38(41-32)36-18-16-22-45-36/h15-18,21-26H,3-14,19-20H2,1-2H3,(H,40,42)(H,41,43). The molecule has 7 rings (SSSR count). The number of imidazole rings is 2. The van der Waals surface area contributed by atoms with E-state index in [9.17, 15) is 0 Å². The van der Waals surface area contributed by atoms with Gasteiger partial charge in [-0.05, 0) is 82.3 Å². The Balaban J connectivity index is 1.33.